The molecule has 0 aliphatic heterocycles. The Morgan fingerprint density at radius 3 is 2.69 bits per heavy atom. The molecule has 1 fully saturated rings. The lowest BCUT2D eigenvalue weighted by molar-refractivity contribution is -0.118. The van der Waals surface area contributed by atoms with Gasteiger partial charge < -0.3 is 14.8 Å². The van der Waals surface area contributed by atoms with Crippen molar-refractivity contribution in [3.63, 3.8) is 0 Å². The molecule has 3 atom stereocenters. The van der Waals surface area contributed by atoms with Crippen molar-refractivity contribution in [3.05, 3.63) is 30.3 Å². The Bertz CT molecular complexity index is 315. The Morgan fingerprint density at radius 1 is 1.31 bits per heavy atom. The molecule has 0 aromatic heterocycles. The Morgan fingerprint density at radius 2 is 2.06 bits per heavy atom. The first-order chi connectivity index (χ1) is 7.85. The Labute approximate surface area is 96.8 Å². The van der Waals surface area contributed by atoms with Crippen LogP contribution in [0.25, 0.3) is 0 Å². The summed E-state index contributed by atoms with van der Waals surface area (Å²) < 4.78 is 11.0. The van der Waals surface area contributed by atoms with Crippen molar-refractivity contribution in [1.29, 1.82) is 0 Å². The first-order valence-corrected chi connectivity index (χ1v) is 5.81. The molecule has 88 valence electrons. The van der Waals surface area contributed by atoms with Gasteiger partial charge in [-0.15, -0.1) is 0 Å². The second-order valence-electron chi connectivity index (χ2n) is 4.05. The maximum Gasteiger partial charge on any atom is 0.103 e. The van der Waals surface area contributed by atoms with Crippen LogP contribution in [-0.4, -0.2) is 32.0 Å². The smallest absolute Gasteiger partial charge is 0.103 e. The van der Waals surface area contributed by atoms with Gasteiger partial charge in [-0.2, -0.15) is 0 Å². The third kappa shape index (κ3) is 2.36. The first kappa shape index (κ1) is 11.4. The van der Waals surface area contributed by atoms with Crippen molar-refractivity contribution < 1.29 is 9.47 Å². The maximum atomic E-state index is 5.58. The van der Waals surface area contributed by atoms with Crippen LogP contribution in [0.15, 0.2) is 30.3 Å². The van der Waals surface area contributed by atoms with Gasteiger partial charge in [0.15, 0.2) is 0 Å². The van der Waals surface area contributed by atoms with Gasteiger partial charge >= 0.3 is 0 Å². The monoisotopic (exact) mass is 221 g/mol. The summed E-state index contributed by atoms with van der Waals surface area (Å²) in [6, 6.07) is 10.6. The average Bonchev–Trinajstić information content (AvgIpc) is 2.29. The zero-order valence-corrected chi connectivity index (χ0v) is 9.85. The minimum atomic E-state index is 0.167. The van der Waals surface area contributed by atoms with Crippen LogP contribution in [0, 0.1) is 0 Å². The lowest BCUT2D eigenvalue weighted by Gasteiger charge is -2.43. The zero-order chi connectivity index (χ0) is 11.4. The van der Waals surface area contributed by atoms with Crippen LogP contribution in [0.4, 0.5) is 5.69 Å². The van der Waals surface area contributed by atoms with Gasteiger partial charge in [-0.05, 0) is 25.5 Å². The Hall–Kier alpha value is -1.06. The molecule has 1 N–H and O–H groups in total. The molecule has 0 spiro atoms. The molecule has 0 radical (unpaired) electrons. The highest BCUT2D eigenvalue weighted by Crippen LogP contribution is 2.29. The zero-order valence-electron chi connectivity index (χ0n) is 9.85. The van der Waals surface area contributed by atoms with Gasteiger partial charge in [0.25, 0.3) is 0 Å². The van der Waals surface area contributed by atoms with Gasteiger partial charge in [-0.1, -0.05) is 18.2 Å². The number of ether oxygens (including phenoxy) is 2. The summed E-state index contributed by atoms with van der Waals surface area (Å²) in [6.07, 6.45) is 1.43. The molecule has 3 nitrogen and oxygen atoms in total. The Kier molecular flexibility index (Phi) is 3.80. The molecule has 0 amide bonds. The number of anilines is 1. The fraction of sp³-hybridized carbons (Fsp3) is 0.538. The quantitative estimate of drug-likeness (QED) is 0.827. The number of benzene rings is 1. The first-order valence-electron chi connectivity index (χ1n) is 5.81. The molecule has 16 heavy (non-hydrogen) atoms. The molecule has 1 saturated carbocycles. The summed E-state index contributed by atoms with van der Waals surface area (Å²) >= 11 is 0. The number of hydrogen-bond acceptors (Lipinski definition) is 3. The molecule has 2 rings (SSSR count). The normalized spacial score (nSPS) is 28.5. The van der Waals surface area contributed by atoms with Crippen LogP contribution >= 0.6 is 0 Å². The van der Waals surface area contributed by atoms with E-state index in [9.17, 15) is 0 Å². The van der Waals surface area contributed by atoms with E-state index in [0.717, 1.165) is 18.7 Å². The molecule has 0 bridgehead atoms. The van der Waals surface area contributed by atoms with Crippen LogP contribution < -0.4 is 5.32 Å². The lowest BCUT2D eigenvalue weighted by atomic mass is 9.85. The van der Waals surface area contributed by atoms with E-state index in [1.807, 2.05) is 25.1 Å². The van der Waals surface area contributed by atoms with Crippen molar-refractivity contribution >= 4 is 5.69 Å². The molecule has 3 heteroatoms. The van der Waals surface area contributed by atoms with E-state index in [1.165, 1.54) is 0 Å². The number of rotatable bonds is 5. The minimum absolute atomic E-state index is 0.167. The van der Waals surface area contributed by atoms with E-state index in [2.05, 4.69) is 17.4 Å². The summed E-state index contributed by atoms with van der Waals surface area (Å²) in [5, 5.41) is 3.46. The highest BCUT2D eigenvalue weighted by atomic mass is 16.5. The third-order valence-electron chi connectivity index (χ3n) is 3.03. The number of methoxy groups -OCH3 is 1. The van der Waals surface area contributed by atoms with E-state index in [4.69, 9.17) is 9.47 Å². The number of nitrogens with one attached hydrogen (secondary N) is 1. The van der Waals surface area contributed by atoms with Crippen LogP contribution in [0.5, 0.6) is 0 Å². The Balaban J connectivity index is 1.88. The standard InChI is InChI=1S/C13H19NO2/c1-3-16-12-9-11(13(12)15-2)14-10-7-5-4-6-8-10/h4-8,11-14H,3,9H2,1-2H3. The molecular weight excluding hydrogens is 202 g/mol. The van der Waals surface area contributed by atoms with Gasteiger partial charge in [0, 0.05) is 19.4 Å². The molecule has 0 saturated heterocycles. The molecule has 0 heterocycles. The molecular formula is C13H19NO2. The molecule has 1 aliphatic rings. The van der Waals surface area contributed by atoms with E-state index < -0.39 is 0 Å². The van der Waals surface area contributed by atoms with E-state index >= 15 is 0 Å². The van der Waals surface area contributed by atoms with Crippen LogP contribution in [0.1, 0.15) is 13.3 Å². The summed E-state index contributed by atoms with van der Waals surface area (Å²) in [4.78, 5) is 0. The van der Waals surface area contributed by atoms with E-state index in [0.29, 0.717) is 6.04 Å². The maximum absolute atomic E-state index is 5.58. The molecule has 1 aromatic rings. The minimum Gasteiger partial charge on any atom is -0.379 e. The van der Waals surface area contributed by atoms with Crippen LogP contribution in [0.2, 0.25) is 0 Å². The second kappa shape index (κ2) is 5.32. The van der Waals surface area contributed by atoms with Crippen molar-refractivity contribution in [2.24, 2.45) is 0 Å². The average molecular weight is 221 g/mol. The summed E-state index contributed by atoms with van der Waals surface area (Å²) in [5.41, 5.74) is 1.14. The molecule has 1 aromatic carbocycles. The van der Waals surface area contributed by atoms with Crippen molar-refractivity contribution in [3.8, 4) is 0 Å². The highest BCUT2D eigenvalue weighted by molar-refractivity contribution is 5.44. The van der Waals surface area contributed by atoms with Gasteiger partial charge in [-0.25, -0.2) is 0 Å². The van der Waals surface area contributed by atoms with Crippen LogP contribution in [-0.2, 0) is 9.47 Å². The SMILES string of the molecule is CCOC1CC(Nc2ccccc2)C1OC. The number of hydrogen-bond donors (Lipinski definition) is 1. The largest absolute Gasteiger partial charge is 0.379 e. The van der Waals surface area contributed by atoms with Gasteiger partial charge in [0.05, 0.1) is 12.1 Å². The van der Waals surface area contributed by atoms with Gasteiger partial charge in [0.2, 0.25) is 0 Å². The van der Waals surface area contributed by atoms with Crippen molar-refractivity contribution in [2.45, 2.75) is 31.6 Å². The fourth-order valence-electron chi connectivity index (χ4n) is 2.16. The second-order valence-corrected chi connectivity index (χ2v) is 4.05. The van der Waals surface area contributed by atoms with Gasteiger partial charge in [-0.3, -0.25) is 0 Å². The fourth-order valence-corrected chi connectivity index (χ4v) is 2.16. The molecule has 3 unspecified atom stereocenters. The van der Waals surface area contributed by atoms with Crippen molar-refractivity contribution in [1.82, 2.24) is 0 Å². The number of para-hydroxylation sites is 1. The summed E-state index contributed by atoms with van der Waals surface area (Å²) in [7, 11) is 1.75. The van der Waals surface area contributed by atoms with E-state index in [-0.39, 0.29) is 12.2 Å². The van der Waals surface area contributed by atoms with Crippen molar-refractivity contribution in [2.75, 3.05) is 19.0 Å². The topological polar surface area (TPSA) is 30.5 Å². The summed E-state index contributed by atoms with van der Waals surface area (Å²) in [5.74, 6) is 0. The van der Waals surface area contributed by atoms with E-state index in [1.54, 1.807) is 7.11 Å². The predicted molar refractivity (Wildman–Crippen MR) is 64.7 cm³/mol. The van der Waals surface area contributed by atoms with Gasteiger partial charge in [0.1, 0.15) is 6.10 Å². The van der Waals surface area contributed by atoms with Crippen LogP contribution in [0.3, 0.4) is 0 Å². The third-order valence-corrected chi connectivity index (χ3v) is 3.03. The predicted octanol–water partition coefficient (Wildman–Crippen LogP) is 2.29. The lowest BCUT2D eigenvalue weighted by Crippen LogP contribution is -2.56. The highest BCUT2D eigenvalue weighted by Gasteiger charge is 2.41. The summed E-state index contributed by atoms with van der Waals surface area (Å²) in [6.45, 7) is 2.77. The molecule has 1 aliphatic carbocycles.